The van der Waals surface area contributed by atoms with Gasteiger partial charge in [-0.25, -0.2) is 19.9 Å². The highest BCUT2D eigenvalue weighted by atomic mass is 32.1. The van der Waals surface area contributed by atoms with Crippen LogP contribution in [0.15, 0.2) is 42.6 Å². The van der Waals surface area contributed by atoms with Crippen molar-refractivity contribution in [3.8, 4) is 10.8 Å². The second kappa shape index (κ2) is 6.48. The van der Waals surface area contributed by atoms with Crippen molar-refractivity contribution in [2.45, 2.75) is 18.9 Å². The maximum absolute atomic E-state index is 12.8. The van der Waals surface area contributed by atoms with Gasteiger partial charge in [0.15, 0.2) is 10.8 Å². The van der Waals surface area contributed by atoms with Crippen LogP contribution in [0.1, 0.15) is 29.4 Å². The van der Waals surface area contributed by atoms with E-state index < -0.39 is 0 Å². The predicted molar refractivity (Wildman–Crippen MR) is 89.5 cm³/mol. The third-order valence-corrected chi connectivity index (χ3v) is 4.95. The summed E-state index contributed by atoms with van der Waals surface area (Å²) in [5.74, 6) is 0.523. The van der Waals surface area contributed by atoms with E-state index in [1.807, 2.05) is 17.4 Å². The molecule has 1 saturated heterocycles. The second-order valence-electron chi connectivity index (χ2n) is 5.67. The van der Waals surface area contributed by atoms with Crippen LogP contribution in [0.2, 0.25) is 0 Å². The van der Waals surface area contributed by atoms with Crippen molar-refractivity contribution in [3.63, 3.8) is 0 Å². The summed E-state index contributed by atoms with van der Waals surface area (Å²) < 4.78 is 2.07. The molecule has 24 heavy (non-hydrogen) atoms. The van der Waals surface area contributed by atoms with Gasteiger partial charge in [0.1, 0.15) is 5.69 Å². The molecule has 0 aliphatic carbocycles. The number of carbonyl (C=O) groups is 1. The van der Waals surface area contributed by atoms with Gasteiger partial charge in [0.25, 0.3) is 5.91 Å². The first-order valence-corrected chi connectivity index (χ1v) is 8.69. The minimum Gasteiger partial charge on any atom is -0.335 e. The Bertz CT molecular complexity index is 816. The molecule has 1 amide bonds. The number of hydrogen-bond acceptors (Lipinski definition) is 6. The molecule has 1 fully saturated rings. The average Bonchev–Trinajstić information content (AvgIpc) is 3.34. The summed E-state index contributed by atoms with van der Waals surface area (Å²) >= 11 is 1.39. The lowest BCUT2D eigenvalue weighted by Crippen LogP contribution is -2.40. The number of rotatable bonds is 3. The van der Waals surface area contributed by atoms with Gasteiger partial charge in [0.2, 0.25) is 0 Å². The summed E-state index contributed by atoms with van der Waals surface area (Å²) in [5.41, 5.74) is 0.466. The van der Waals surface area contributed by atoms with Gasteiger partial charge in [-0.05, 0) is 18.9 Å². The highest BCUT2D eigenvalue weighted by Crippen LogP contribution is 2.25. The maximum atomic E-state index is 12.8. The molecule has 4 rings (SSSR count). The number of thiazole rings is 1. The van der Waals surface area contributed by atoms with E-state index in [1.54, 1.807) is 30.0 Å². The first kappa shape index (κ1) is 14.9. The zero-order valence-corrected chi connectivity index (χ0v) is 13.8. The Morgan fingerprint density at radius 3 is 2.92 bits per heavy atom. The zero-order valence-electron chi connectivity index (χ0n) is 12.9. The van der Waals surface area contributed by atoms with Gasteiger partial charge in [-0.3, -0.25) is 4.79 Å². The molecule has 0 unspecified atom stereocenters. The van der Waals surface area contributed by atoms with Crippen LogP contribution in [-0.4, -0.2) is 48.4 Å². The molecule has 3 aromatic rings. The highest BCUT2D eigenvalue weighted by Gasteiger charge is 2.26. The zero-order chi connectivity index (χ0) is 16.4. The normalized spacial score (nSPS) is 17.8. The lowest BCUT2D eigenvalue weighted by atomic mass is 10.1. The minimum absolute atomic E-state index is 0.0294. The fraction of sp³-hybridized carbons (Fsp3) is 0.312. The monoisotopic (exact) mass is 340 g/mol. The summed E-state index contributed by atoms with van der Waals surface area (Å²) in [6, 6.07) is 2.04. The molecule has 0 aromatic carbocycles. The lowest BCUT2D eigenvalue weighted by Gasteiger charge is -2.32. The molecule has 1 atom stereocenters. The molecule has 1 aliphatic rings. The molecule has 0 spiro atoms. The van der Waals surface area contributed by atoms with Crippen LogP contribution in [0.4, 0.5) is 0 Å². The van der Waals surface area contributed by atoms with E-state index in [2.05, 4.69) is 24.5 Å². The Labute approximate surface area is 143 Å². The molecule has 8 heteroatoms. The fourth-order valence-corrected chi connectivity index (χ4v) is 3.65. The number of nitrogens with zero attached hydrogens (tertiary/aromatic N) is 6. The van der Waals surface area contributed by atoms with Gasteiger partial charge in [-0.15, -0.1) is 11.3 Å². The van der Waals surface area contributed by atoms with Crippen LogP contribution < -0.4 is 0 Å². The smallest absolute Gasteiger partial charge is 0.273 e. The molecule has 0 N–H and O–H groups in total. The number of imidazole rings is 1. The quantitative estimate of drug-likeness (QED) is 0.731. The van der Waals surface area contributed by atoms with Crippen molar-refractivity contribution in [1.29, 1.82) is 0 Å². The van der Waals surface area contributed by atoms with Crippen LogP contribution in [0.3, 0.4) is 0 Å². The summed E-state index contributed by atoms with van der Waals surface area (Å²) in [6.45, 7) is 1.45. The molecule has 7 nitrogen and oxygen atoms in total. The largest absolute Gasteiger partial charge is 0.335 e. The van der Waals surface area contributed by atoms with Crippen molar-refractivity contribution >= 4 is 17.2 Å². The molecule has 1 aliphatic heterocycles. The number of amides is 1. The van der Waals surface area contributed by atoms with Gasteiger partial charge in [0.05, 0.1) is 12.4 Å². The van der Waals surface area contributed by atoms with Crippen molar-refractivity contribution in [2.75, 3.05) is 13.1 Å². The van der Waals surface area contributed by atoms with Crippen molar-refractivity contribution in [3.05, 3.63) is 48.3 Å². The number of hydrogen-bond donors (Lipinski definition) is 0. The minimum atomic E-state index is -0.0294. The first-order valence-electron chi connectivity index (χ1n) is 7.81. The number of likely N-dealkylation sites (tertiary alicyclic amines) is 1. The van der Waals surface area contributed by atoms with E-state index in [9.17, 15) is 4.79 Å². The summed E-state index contributed by atoms with van der Waals surface area (Å²) in [6.07, 6.45) is 10.9. The molecular formula is C16H16N6OS. The Kier molecular flexibility index (Phi) is 4.04. The summed E-state index contributed by atoms with van der Waals surface area (Å²) in [7, 11) is 0. The second-order valence-corrected chi connectivity index (χ2v) is 6.53. The van der Waals surface area contributed by atoms with Gasteiger partial charge < -0.3 is 9.47 Å². The molecule has 0 saturated carbocycles. The van der Waals surface area contributed by atoms with Gasteiger partial charge in [-0.1, -0.05) is 0 Å². The Hall–Kier alpha value is -2.61. The van der Waals surface area contributed by atoms with E-state index in [0.29, 0.717) is 23.1 Å². The number of carbonyl (C=O) groups excluding carboxylic acids is 1. The predicted octanol–water partition coefficient (Wildman–Crippen LogP) is 2.27. The Balaban J connectivity index is 1.50. The van der Waals surface area contributed by atoms with Crippen LogP contribution in [-0.2, 0) is 0 Å². The summed E-state index contributed by atoms with van der Waals surface area (Å²) in [5, 5.41) is 2.46. The maximum Gasteiger partial charge on any atom is 0.273 e. The van der Waals surface area contributed by atoms with Crippen LogP contribution in [0.25, 0.3) is 10.8 Å². The van der Waals surface area contributed by atoms with E-state index in [4.69, 9.17) is 0 Å². The van der Waals surface area contributed by atoms with Crippen molar-refractivity contribution in [2.24, 2.45) is 0 Å². The molecule has 122 valence electrons. The molecular weight excluding hydrogens is 324 g/mol. The van der Waals surface area contributed by atoms with Gasteiger partial charge in [-0.2, -0.15) is 0 Å². The molecule has 0 bridgehead atoms. The number of aromatic nitrogens is 5. The van der Waals surface area contributed by atoms with E-state index in [-0.39, 0.29) is 11.9 Å². The Morgan fingerprint density at radius 2 is 2.12 bits per heavy atom. The fourth-order valence-electron chi connectivity index (χ4n) is 2.91. The molecule has 3 aromatic heterocycles. The standard InChI is InChI=1S/C16H16N6OS/c23-16(13-10-24-15(20-13)14-18-4-2-5-19-14)21-7-1-3-12(9-21)22-8-6-17-11-22/h2,4-6,8,10-12H,1,3,7,9H2/t12-/m1/s1. The topological polar surface area (TPSA) is 76.8 Å². The third kappa shape index (κ3) is 2.92. The van der Waals surface area contributed by atoms with Crippen molar-refractivity contribution < 1.29 is 4.79 Å². The number of piperidine rings is 1. The van der Waals surface area contributed by atoms with Crippen LogP contribution in [0.5, 0.6) is 0 Å². The van der Waals surface area contributed by atoms with Crippen LogP contribution >= 0.6 is 11.3 Å². The highest BCUT2D eigenvalue weighted by molar-refractivity contribution is 7.13. The average molecular weight is 340 g/mol. The third-order valence-electron chi connectivity index (χ3n) is 4.11. The van der Waals surface area contributed by atoms with E-state index >= 15 is 0 Å². The first-order chi connectivity index (χ1) is 11.8. The summed E-state index contributed by atoms with van der Waals surface area (Å²) in [4.78, 5) is 31.5. The Morgan fingerprint density at radius 1 is 1.25 bits per heavy atom. The van der Waals surface area contributed by atoms with Crippen molar-refractivity contribution in [1.82, 2.24) is 29.4 Å². The molecule has 0 radical (unpaired) electrons. The molecule has 4 heterocycles. The van der Waals surface area contributed by atoms with E-state index in [1.165, 1.54) is 11.3 Å². The SMILES string of the molecule is O=C(c1csc(-c2ncccn2)n1)N1CCC[C@@H](n2ccnc2)C1. The van der Waals surface area contributed by atoms with Crippen LogP contribution in [0, 0.1) is 0 Å². The van der Waals surface area contributed by atoms with E-state index in [0.717, 1.165) is 19.4 Å². The lowest BCUT2D eigenvalue weighted by molar-refractivity contribution is 0.0674. The van der Waals surface area contributed by atoms with Gasteiger partial charge >= 0.3 is 0 Å². The van der Waals surface area contributed by atoms with Gasteiger partial charge in [0, 0.05) is 43.3 Å².